The first-order valence-electron chi connectivity index (χ1n) is 9.29. The Hall–Kier alpha value is -3.14. The average Bonchev–Trinajstić information content (AvgIpc) is 3.24. The molecule has 5 rings (SSSR count). The molecule has 6 nitrogen and oxygen atoms in total. The second-order valence-corrected chi connectivity index (χ2v) is 9.17. The molecule has 0 saturated carbocycles. The molecule has 3 heterocycles. The molecule has 3 aromatic heterocycles. The molecule has 0 saturated heterocycles. The maximum absolute atomic E-state index is 14.5. The van der Waals surface area contributed by atoms with E-state index in [2.05, 4.69) is 47.8 Å². The summed E-state index contributed by atoms with van der Waals surface area (Å²) >= 11 is 2.33. The highest BCUT2D eigenvalue weighted by molar-refractivity contribution is 14.1. The van der Waals surface area contributed by atoms with E-state index in [4.69, 9.17) is 4.98 Å². The van der Waals surface area contributed by atoms with Crippen molar-refractivity contribution >= 4 is 50.5 Å². The van der Waals surface area contributed by atoms with E-state index in [1.807, 2.05) is 49.4 Å². The zero-order valence-corrected chi connectivity index (χ0v) is 18.1. The molecular formula is C22H16FIN6. The van der Waals surface area contributed by atoms with E-state index in [0.29, 0.717) is 22.7 Å². The normalized spacial score (nSPS) is 13.4. The van der Waals surface area contributed by atoms with Crippen LogP contribution in [0.25, 0.3) is 33.3 Å². The fraction of sp³-hybridized carbons (Fsp3) is 0.0909. The van der Waals surface area contributed by atoms with Crippen LogP contribution in [0, 0.1) is 5.82 Å². The summed E-state index contributed by atoms with van der Waals surface area (Å²) in [4.78, 5) is 20.6. The summed E-state index contributed by atoms with van der Waals surface area (Å²) in [5.41, 5.74) is 4.20. The van der Waals surface area contributed by atoms with Crippen LogP contribution in [0.2, 0.25) is 0 Å². The van der Waals surface area contributed by atoms with Crippen LogP contribution in [0.5, 0.6) is 0 Å². The van der Waals surface area contributed by atoms with Crippen molar-refractivity contribution in [2.24, 2.45) is 0 Å². The monoisotopic (exact) mass is 510 g/mol. The summed E-state index contributed by atoms with van der Waals surface area (Å²) in [6.45, 7) is 2.03. The number of pyridine rings is 1. The standard InChI is InChI=1S/C22H16FIN6/c1-22(24,30-21-19-20(26-11-25-19)27-12-28-21)15-10-14-8-5-9-16(23)18(14)29-17(15)13-6-3-2-4-7-13/h2-12H,1H3,(H2,25,26,27,28,30). The number of nitrogens with one attached hydrogen (secondary N) is 2. The zero-order chi connectivity index (χ0) is 20.7. The molecule has 0 fully saturated rings. The van der Waals surface area contributed by atoms with Crippen molar-refractivity contribution in [3.8, 4) is 11.3 Å². The summed E-state index contributed by atoms with van der Waals surface area (Å²) < 4.78 is 13.9. The van der Waals surface area contributed by atoms with Gasteiger partial charge in [-0.15, -0.1) is 0 Å². The Labute approximate surface area is 185 Å². The molecule has 0 aliphatic rings. The third-order valence-electron chi connectivity index (χ3n) is 4.93. The van der Waals surface area contributed by atoms with Crippen LogP contribution in [-0.4, -0.2) is 24.9 Å². The molecule has 30 heavy (non-hydrogen) atoms. The van der Waals surface area contributed by atoms with Gasteiger partial charge in [-0.1, -0.05) is 42.5 Å². The highest BCUT2D eigenvalue weighted by Gasteiger charge is 2.29. The molecule has 148 valence electrons. The second kappa shape index (κ2) is 7.28. The van der Waals surface area contributed by atoms with Gasteiger partial charge in [-0.2, -0.15) is 0 Å². The minimum atomic E-state index is -0.608. The van der Waals surface area contributed by atoms with Gasteiger partial charge in [0.15, 0.2) is 11.5 Å². The van der Waals surface area contributed by atoms with Crippen molar-refractivity contribution in [2.45, 2.75) is 10.5 Å². The maximum Gasteiger partial charge on any atom is 0.182 e. The Morgan fingerprint density at radius 3 is 2.70 bits per heavy atom. The summed E-state index contributed by atoms with van der Waals surface area (Å²) in [7, 11) is 0. The Balaban J connectivity index is 1.71. The van der Waals surface area contributed by atoms with Gasteiger partial charge in [0.2, 0.25) is 0 Å². The molecule has 5 aromatic rings. The lowest BCUT2D eigenvalue weighted by molar-refractivity contribution is 0.636. The topological polar surface area (TPSA) is 79.4 Å². The highest BCUT2D eigenvalue weighted by Crippen LogP contribution is 2.40. The molecular weight excluding hydrogens is 494 g/mol. The first-order chi connectivity index (χ1) is 14.5. The van der Waals surface area contributed by atoms with Crippen molar-refractivity contribution in [3.05, 3.63) is 78.6 Å². The molecule has 1 atom stereocenters. The Morgan fingerprint density at radius 1 is 1.03 bits per heavy atom. The SMILES string of the molecule is CC(I)(Nc1ncnc2nc[nH]c12)c1cc2cccc(F)c2nc1-c1ccccc1. The largest absolute Gasteiger partial charge is 0.350 e. The van der Waals surface area contributed by atoms with E-state index < -0.39 is 3.55 Å². The lowest BCUT2D eigenvalue weighted by Crippen LogP contribution is -2.26. The third-order valence-corrected chi connectivity index (χ3v) is 5.78. The molecule has 0 aliphatic carbocycles. The summed E-state index contributed by atoms with van der Waals surface area (Å²) in [6, 6.07) is 16.8. The van der Waals surface area contributed by atoms with Crippen molar-refractivity contribution in [2.75, 3.05) is 5.32 Å². The first-order valence-corrected chi connectivity index (χ1v) is 10.4. The molecule has 1 unspecified atom stereocenters. The van der Waals surface area contributed by atoms with Gasteiger partial charge >= 0.3 is 0 Å². The van der Waals surface area contributed by atoms with E-state index in [0.717, 1.165) is 22.0 Å². The van der Waals surface area contributed by atoms with Crippen molar-refractivity contribution < 1.29 is 4.39 Å². The number of anilines is 1. The first kappa shape index (κ1) is 18.9. The molecule has 2 aromatic carbocycles. The predicted octanol–water partition coefficient (Wildman–Crippen LogP) is 5.43. The fourth-order valence-corrected chi connectivity index (χ4v) is 4.15. The van der Waals surface area contributed by atoms with Gasteiger partial charge in [0, 0.05) is 16.5 Å². The number of imidazole rings is 1. The quantitative estimate of drug-likeness (QED) is 0.192. The van der Waals surface area contributed by atoms with Gasteiger partial charge in [-0.05, 0) is 41.6 Å². The van der Waals surface area contributed by atoms with Crippen LogP contribution in [0.4, 0.5) is 10.2 Å². The third kappa shape index (κ3) is 3.26. The number of fused-ring (bicyclic) bond motifs is 2. The molecule has 2 N–H and O–H groups in total. The Bertz CT molecular complexity index is 1370. The summed E-state index contributed by atoms with van der Waals surface area (Å²) in [6.07, 6.45) is 3.06. The minimum Gasteiger partial charge on any atom is -0.350 e. The lowest BCUT2D eigenvalue weighted by Gasteiger charge is -2.28. The molecule has 0 spiro atoms. The fourth-order valence-electron chi connectivity index (χ4n) is 3.49. The molecule has 8 heteroatoms. The van der Waals surface area contributed by atoms with Crippen LogP contribution < -0.4 is 5.32 Å². The van der Waals surface area contributed by atoms with Crippen LogP contribution in [0.15, 0.2) is 67.3 Å². The van der Waals surface area contributed by atoms with Crippen LogP contribution in [0.3, 0.4) is 0 Å². The van der Waals surface area contributed by atoms with Crippen molar-refractivity contribution in [1.29, 1.82) is 0 Å². The molecule has 0 bridgehead atoms. The smallest absolute Gasteiger partial charge is 0.182 e. The second-order valence-electron chi connectivity index (χ2n) is 7.01. The predicted molar refractivity (Wildman–Crippen MR) is 124 cm³/mol. The van der Waals surface area contributed by atoms with Gasteiger partial charge in [-0.25, -0.2) is 24.3 Å². The van der Waals surface area contributed by atoms with Crippen LogP contribution in [0.1, 0.15) is 12.5 Å². The molecule has 0 aliphatic heterocycles. The number of aromatic amines is 1. The number of alkyl halides is 1. The van der Waals surface area contributed by atoms with Crippen molar-refractivity contribution in [3.63, 3.8) is 0 Å². The van der Waals surface area contributed by atoms with Gasteiger partial charge < -0.3 is 10.3 Å². The van der Waals surface area contributed by atoms with E-state index >= 15 is 0 Å². The zero-order valence-electron chi connectivity index (χ0n) is 15.9. The summed E-state index contributed by atoms with van der Waals surface area (Å²) in [5.74, 6) is 0.294. The number of para-hydroxylation sites is 1. The summed E-state index contributed by atoms with van der Waals surface area (Å²) in [5, 5.41) is 4.22. The molecule has 0 amide bonds. The van der Waals surface area contributed by atoms with Crippen LogP contribution in [-0.2, 0) is 3.55 Å². The minimum absolute atomic E-state index is 0.339. The number of rotatable bonds is 4. The lowest BCUT2D eigenvalue weighted by atomic mass is 9.98. The van der Waals surface area contributed by atoms with Gasteiger partial charge in [-0.3, -0.25) is 0 Å². The number of benzene rings is 2. The maximum atomic E-state index is 14.5. The number of hydrogen-bond donors (Lipinski definition) is 2. The Morgan fingerprint density at radius 2 is 1.87 bits per heavy atom. The molecule has 0 radical (unpaired) electrons. The number of halogens is 2. The number of hydrogen-bond acceptors (Lipinski definition) is 5. The van der Waals surface area contributed by atoms with Crippen LogP contribution >= 0.6 is 22.6 Å². The van der Waals surface area contributed by atoms with E-state index in [9.17, 15) is 4.39 Å². The Kier molecular flexibility index (Phi) is 4.58. The number of nitrogens with zero attached hydrogens (tertiary/aromatic N) is 4. The average molecular weight is 510 g/mol. The van der Waals surface area contributed by atoms with Gasteiger partial charge in [0.1, 0.15) is 26.7 Å². The number of H-pyrrole nitrogens is 1. The van der Waals surface area contributed by atoms with Gasteiger partial charge in [0.25, 0.3) is 0 Å². The number of aromatic nitrogens is 5. The van der Waals surface area contributed by atoms with E-state index in [-0.39, 0.29) is 5.82 Å². The van der Waals surface area contributed by atoms with Gasteiger partial charge in [0.05, 0.1) is 12.0 Å². The van der Waals surface area contributed by atoms with E-state index in [1.165, 1.54) is 12.4 Å². The van der Waals surface area contributed by atoms with Crippen molar-refractivity contribution in [1.82, 2.24) is 24.9 Å². The highest BCUT2D eigenvalue weighted by atomic mass is 127. The van der Waals surface area contributed by atoms with E-state index in [1.54, 1.807) is 12.4 Å².